The molecule has 3 rings (SSSR count). The van der Waals surface area contributed by atoms with Crippen molar-refractivity contribution in [3.63, 3.8) is 0 Å². The van der Waals surface area contributed by atoms with Crippen molar-refractivity contribution in [2.24, 2.45) is 4.99 Å². The molecule has 2 aromatic rings. The van der Waals surface area contributed by atoms with Crippen LogP contribution in [0.3, 0.4) is 0 Å². The molecule has 1 aliphatic rings. The summed E-state index contributed by atoms with van der Waals surface area (Å²) >= 11 is 0. The van der Waals surface area contributed by atoms with Crippen LogP contribution in [0.2, 0.25) is 0 Å². The number of methoxy groups -OCH3 is 1. The fourth-order valence-corrected chi connectivity index (χ4v) is 3.61. The second-order valence-corrected chi connectivity index (χ2v) is 7.59. The molecule has 0 saturated carbocycles. The predicted octanol–water partition coefficient (Wildman–Crippen LogP) is 3.23. The minimum atomic E-state index is 0.188. The monoisotopic (exact) mass is 398 g/mol. The molecule has 2 N–H and O–H groups in total. The van der Waals surface area contributed by atoms with Crippen molar-refractivity contribution in [3.05, 3.63) is 60.1 Å². The molecule has 2 heterocycles. The standard InChI is InChI=1S/C23H34N4O2/c1-19(20-7-4-3-5-8-20)25-23(24-13-10-22-9-6-17-29-22)26-21-11-14-27(15-12-21)16-18-28-2/h3-9,17,19,21H,10-16,18H2,1-2H3,(H2,24,25,26). The van der Waals surface area contributed by atoms with Crippen LogP contribution in [0.5, 0.6) is 0 Å². The number of rotatable bonds is 9. The summed E-state index contributed by atoms with van der Waals surface area (Å²) in [6.45, 7) is 6.86. The molecule has 1 aromatic carbocycles. The Balaban J connectivity index is 1.56. The minimum Gasteiger partial charge on any atom is -0.469 e. The number of furan rings is 1. The summed E-state index contributed by atoms with van der Waals surface area (Å²) in [6, 6.07) is 15.0. The van der Waals surface area contributed by atoms with Crippen LogP contribution in [-0.4, -0.2) is 56.8 Å². The third-order valence-electron chi connectivity index (χ3n) is 5.40. The van der Waals surface area contributed by atoms with Crippen LogP contribution in [0.4, 0.5) is 0 Å². The Hall–Kier alpha value is -2.31. The second kappa shape index (κ2) is 11.6. The molecule has 6 heteroatoms. The van der Waals surface area contributed by atoms with E-state index in [-0.39, 0.29) is 6.04 Å². The highest BCUT2D eigenvalue weighted by atomic mass is 16.5. The molecule has 1 atom stereocenters. The van der Waals surface area contributed by atoms with Gasteiger partial charge in [0.1, 0.15) is 5.76 Å². The highest BCUT2D eigenvalue weighted by molar-refractivity contribution is 5.80. The van der Waals surface area contributed by atoms with Crippen LogP contribution in [0.1, 0.15) is 37.1 Å². The van der Waals surface area contributed by atoms with E-state index in [0.717, 1.165) is 57.2 Å². The number of hydrogen-bond acceptors (Lipinski definition) is 4. The lowest BCUT2D eigenvalue weighted by Gasteiger charge is -2.33. The molecular formula is C23H34N4O2. The van der Waals surface area contributed by atoms with Gasteiger partial charge in [0.05, 0.1) is 18.9 Å². The average Bonchev–Trinajstić information content (AvgIpc) is 3.27. The summed E-state index contributed by atoms with van der Waals surface area (Å²) in [4.78, 5) is 7.30. The van der Waals surface area contributed by atoms with Crippen LogP contribution in [0.15, 0.2) is 58.1 Å². The van der Waals surface area contributed by atoms with Gasteiger partial charge in [-0.05, 0) is 37.5 Å². The summed E-state index contributed by atoms with van der Waals surface area (Å²) in [6.07, 6.45) is 4.74. The van der Waals surface area contributed by atoms with Gasteiger partial charge in [0, 0.05) is 45.8 Å². The van der Waals surface area contributed by atoms with Crippen LogP contribution in [-0.2, 0) is 11.2 Å². The molecule has 29 heavy (non-hydrogen) atoms. The number of aliphatic imine (C=N–C) groups is 1. The van der Waals surface area contributed by atoms with Gasteiger partial charge in [-0.2, -0.15) is 0 Å². The van der Waals surface area contributed by atoms with E-state index >= 15 is 0 Å². The van der Waals surface area contributed by atoms with Crippen LogP contribution in [0.25, 0.3) is 0 Å². The number of benzene rings is 1. The van der Waals surface area contributed by atoms with Crippen molar-refractivity contribution in [1.82, 2.24) is 15.5 Å². The number of nitrogens with zero attached hydrogens (tertiary/aromatic N) is 2. The summed E-state index contributed by atoms with van der Waals surface area (Å²) in [7, 11) is 1.76. The van der Waals surface area contributed by atoms with Gasteiger partial charge in [0.15, 0.2) is 5.96 Å². The van der Waals surface area contributed by atoms with Crippen molar-refractivity contribution < 1.29 is 9.15 Å². The predicted molar refractivity (Wildman–Crippen MR) is 117 cm³/mol. The maximum Gasteiger partial charge on any atom is 0.191 e. The molecule has 158 valence electrons. The van der Waals surface area contributed by atoms with Gasteiger partial charge in [-0.1, -0.05) is 30.3 Å². The average molecular weight is 399 g/mol. The van der Waals surface area contributed by atoms with Crippen molar-refractivity contribution in [2.45, 2.75) is 38.3 Å². The quantitative estimate of drug-likeness (QED) is 0.502. The maximum atomic E-state index is 5.43. The van der Waals surface area contributed by atoms with Gasteiger partial charge in [-0.3, -0.25) is 4.99 Å². The molecule has 0 aliphatic carbocycles. The SMILES string of the molecule is COCCN1CCC(NC(=NCCc2ccco2)NC(C)c2ccccc2)CC1. The van der Waals surface area contributed by atoms with E-state index in [1.54, 1.807) is 13.4 Å². The van der Waals surface area contributed by atoms with E-state index in [1.807, 2.05) is 18.2 Å². The normalized spacial score (nSPS) is 17.2. The number of likely N-dealkylation sites (tertiary alicyclic amines) is 1. The Kier molecular flexibility index (Phi) is 8.58. The third-order valence-corrected chi connectivity index (χ3v) is 5.40. The molecule has 0 amide bonds. The van der Waals surface area contributed by atoms with Crippen molar-refractivity contribution >= 4 is 5.96 Å². The number of hydrogen-bond donors (Lipinski definition) is 2. The zero-order valence-electron chi connectivity index (χ0n) is 17.6. The highest BCUT2D eigenvalue weighted by Crippen LogP contribution is 2.13. The van der Waals surface area contributed by atoms with E-state index in [4.69, 9.17) is 14.1 Å². The Labute approximate surface area is 174 Å². The first-order valence-corrected chi connectivity index (χ1v) is 10.6. The zero-order chi connectivity index (χ0) is 20.3. The molecule has 1 fully saturated rings. The molecule has 1 unspecified atom stereocenters. The first-order chi connectivity index (χ1) is 14.2. The Bertz CT molecular complexity index is 710. The number of ether oxygens (including phenoxy) is 1. The van der Waals surface area contributed by atoms with E-state index in [2.05, 4.69) is 46.7 Å². The van der Waals surface area contributed by atoms with Gasteiger partial charge in [0.2, 0.25) is 0 Å². The van der Waals surface area contributed by atoms with Gasteiger partial charge >= 0.3 is 0 Å². The fourth-order valence-electron chi connectivity index (χ4n) is 3.61. The lowest BCUT2D eigenvalue weighted by molar-refractivity contribution is 0.128. The van der Waals surface area contributed by atoms with Crippen LogP contribution < -0.4 is 10.6 Å². The Morgan fingerprint density at radius 1 is 1.21 bits per heavy atom. The topological polar surface area (TPSA) is 62.0 Å². The molecule has 1 aromatic heterocycles. The molecule has 6 nitrogen and oxygen atoms in total. The number of nitrogens with one attached hydrogen (secondary N) is 2. The fraction of sp³-hybridized carbons (Fsp3) is 0.522. The molecular weight excluding hydrogens is 364 g/mol. The highest BCUT2D eigenvalue weighted by Gasteiger charge is 2.20. The molecule has 1 aliphatic heterocycles. The first kappa shape index (κ1) is 21.4. The number of guanidine groups is 1. The maximum absolute atomic E-state index is 5.43. The van der Waals surface area contributed by atoms with Gasteiger partial charge in [-0.25, -0.2) is 0 Å². The molecule has 0 radical (unpaired) electrons. The largest absolute Gasteiger partial charge is 0.469 e. The minimum absolute atomic E-state index is 0.188. The smallest absolute Gasteiger partial charge is 0.191 e. The summed E-state index contributed by atoms with van der Waals surface area (Å²) < 4.78 is 10.6. The first-order valence-electron chi connectivity index (χ1n) is 10.6. The Morgan fingerprint density at radius 3 is 2.69 bits per heavy atom. The summed E-state index contributed by atoms with van der Waals surface area (Å²) in [5, 5.41) is 7.24. The Morgan fingerprint density at radius 2 is 2.00 bits per heavy atom. The third kappa shape index (κ3) is 7.22. The van der Waals surface area contributed by atoms with Gasteiger partial charge < -0.3 is 24.7 Å². The number of piperidine rings is 1. The van der Waals surface area contributed by atoms with Crippen molar-refractivity contribution in [3.8, 4) is 0 Å². The zero-order valence-corrected chi connectivity index (χ0v) is 17.6. The molecule has 0 spiro atoms. The second-order valence-electron chi connectivity index (χ2n) is 7.59. The van der Waals surface area contributed by atoms with Crippen molar-refractivity contribution in [1.29, 1.82) is 0 Å². The molecule has 1 saturated heterocycles. The molecule has 0 bridgehead atoms. The van der Waals surface area contributed by atoms with Crippen LogP contribution in [0, 0.1) is 0 Å². The van der Waals surface area contributed by atoms with Crippen molar-refractivity contribution in [2.75, 3.05) is 39.9 Å². The summed E-state index contributed by atoms with van der Waals surface area (Å²) in [5.74, 6) is 1.85. The van der Waals surface area contributed by atoms with E-state index < -0.39 is 0 Å². The van der Waals surface area contributed by atoms with E-state index in [9.17, 15) is 0 Å². The van der Waals surface area contributed by atoms with E-state index in [1.165, 1.54) is 5.56 Å². The summed E-state index contributed by atoms with van der Waals surface area (Å²) in [5.41, 5.74) is 1.25. The van der Waals surface area contributed by atoms with Gasteiger partial charge in [-0.15, -0.1) is 0 Å². The van der Waals surface area contributed by atoms with E-state index in [0.29, 0.717) is 12.6 Å². The lowest BCUT2D eigenvalue weighted by atomic mass is 10.1. The van der Waals surface area contributed by atoms with Crippen LogP contribution >= 0.6 is 0 Å². The van der Waals surface area contributed by atoms with Gasteiger partial charge in [0.25, 0.3) is 0 Å². The lowest BCUT2D eigenvalue weighted by Crippen LogP contribution is -2.49.